The van der Waals surface area contributed by atoms with Crippen LogP contribution >= 0.6 is 35.3 Å². The van der Waals surface area contributed by atoms with Crippen LogP contribution in [0.4, 0.5) is 22.7 Å². The van der Waals surface area contributed by atoms with Gasteiger partial charge in [0.15, 0.2) is 23.1 Å². The second-order valence-electron chi connectivity index (χ2n) is 37.6. The molecule has 752 valence electrons. The van der Waals surface area contributed by atoms with Crippen LogP contribution in [-0.4, -0.2) is 89.4 Å². The van der Waals surface area contributed by atoms with Gasteiger partial charge in [0.1, 0.15) is 23.0 Å². The number of esters is 1. The van der Waals surface area contributed by atoms with E-state index in [9.17, 15) is 57.9 Å². The van der Waals surface area contributed by atoms with Crippen LogP contribution in [0.15, 0.2) is 279 Å². The van der Waals surface area contributed by atoms with Crippen molar-refractivity contribution < 1.29 is 62.6 Å². The molecule has 17 nitrogen and oxygen atoms in total. The number of allylic oxidation sites excluding steroid dienone is 8. The smallest absolute Gasteiger partial charge is 0.307 e. The molecule has 4 aliphatic rings. The molecule has 11 aromatic carbocycles. The van der Waals surface area contributed by atoms with Gasteiger partial charge < -0.3 is 41.7 Å². The van der Waals surface area contributed by atoms with Crippen molar-refractivity contribution in [2.75, 3.05) is 44.7 Å². The number of ether oxygens (including phenoxy) is 1. The number of aliphatic hydroxyl groups is 3. The standard InChI is InChI=1S/C34H37NO4S.C32H35NO4S.C32H35NO3S.C25H31NO2S/c1-5-25-18-22(3)19-26(6-2)32(25)33-29(37)20-24(21-30(33)39-23(4)36)16-17-40-31-15-11-10-14-28(31)35-34(38)27-12-8-7-9-13-27;1-4-23-17-21(3)18-24(5-2)30(23)31-27(34)19-22(20-28(31)35)15-16-38(37)29-14-10-9-13-26(29)33-32(36)25-11-7-6-8-12-25;1-4-23-17-21(3)18-24(5-2)30(23)31-27(34)19-22(20-28(31)35)15-16-37-29-14-10-9-13-26(29)33-32(36)25-11-7-6-8-12-25;1-4-18-12-16(3)13-19(5-2)24(18)25-22(27)14-17(15-23(25)28)10-11-29-21-8-6-20(26)7-9-21/h7-15,18-19,24H,5-6,16-17,20-21H2,1-4H3,(H,35,38);6-14,17-18,22,34H,4-5,15-16,19-20H2,1-3H3,(H,33,36);6-14,17-18,22,34H,4-5,15-16,19-20H2,1-3H3,(H,33,36);6-9,12-13,17,27H,4-5,10-11,14-15,26H2,1-3H3. The fourth-order valence-electron chi connectivity index (χ4n) is 19.8. The van der Waals surface area contributed by atoms with Crippen LogP contribution in [0.5, 0.6) is 0 Å². The topological polar surface area (TPSA) is 286 Å². The first kappa shape index (κ1) is 110. The van der Waals surface area contributed by atoms with E-state index in [0.717, 1.165) is 187 Å². The first-order valence-corrected chi connectivity index (χ1v) is 55.0. The predicted octanol–water partition coefficient (Wildman–Crippen LogP) is 28.6. The van der Waals surface area contributed by atoms with E-state index in [4.69, 9.17) is 10.5 Å². The maximum Gasteiger partial charge on any atom is 0.307 e. The molecule has 0 fully saturated rings. The molecule has 15 rings (SSSR count). The normalized spacial score (nSPS) is 16.0. The van der Waals surface area contributed by atoms with Crippen LogP contribution in [0.3, 0.4) is 0 Å². The second kappa shape index (κ2) is 53.8. The molecule has 0 saturated carbocycles. The molecule has 5 unspecified atom stereocenters. The summed E-state index contributed by atoms with van der Waals surface area (Å²) >= 11 is 5.09. The lowest BCUT2D eigenvalue weighted by molar-refractivity contribution is -0.137. The Bertz CT molecular complexity index is 6520. The van der Waals surface area contributed by atoms with E-state index in [1.807, 2.05) is 115 Å². The molecule has 0 saturated heterocycles. The van der Waals surface area contributed by atoms with E-state index in [-0.39, 0.29) is 81.8 Å². The van der Waals surface area contributed by atoms with Gasteiger partial charge in [-0.3, -0.25) is 42.6 Å². The zero-order chi connectivity index (χ0) is 103. The first-order chi connectivity index (χ1) is 69.4. The van der Waals surface area contributed by atoms with Crippen LogP contribution in [0.25, 0.3) is 22.3 Å². The summed E-state index contributed by atoms with van der Waals surface area (Å²) in [7, 11) is -1.37. The van der Waals surface area contributed by atoms with Gasteiger partial charge in [-0.25, -0.2) is 0 Å². The van der Waals surface area contributed by atoms with Crippen molar-refractivity contribution in [2.45, 2.75) is 238 Å². The zero-order valence-electron chi connectivity index (χ0n) is 85.4. The lowest BCUT2D eigenvalue weighted by Gasteiger charge is -2.28. The predicted molar refractivity (Wildman–Crippen MR) is 593 cm³/mol. The van der Waals surface area contributed by atoms with Crippen LogP contribution in [0, 0.1) is 51.4 Å². The number of Topliss-reactive ketones (excluding diaryl/α,β-unsaturated/α-hetero) is 4. The number of carbonyl (C=O) groups excluding carboxylic acids is 8. The lowest BCUT2D eigenvalue weighted by atomic mass is 9.79. The molecule has 0 aromatic heterocycles. The summed E-state index contributed by atoms with van der Waals surface area (Å²) in [6, 6.07) is 74.8. The second-order valence-corrected chi connectivity index (χ2v) is 42.6. The molecule has 3 amide bonds. The molecule has 144 heavy (non-hydrogen) atoms. The maximum absolute atomic E-state index is 13.7. The number of nitrogens with one attached hydrogen (secondary N) is 3. The summed E-state index contributed by atoms with van der Waals surface area (Å²) in [5.41, 5.74) is 30.0. The highest BCUT2D eigenvalue weighted by atomic mass is 32.2. The molecule has 5 atom stereocenters. The minimum absolute atomic E-state index is 0.0428. The van der Waals surface area contributed by atoms with E-state index in [1.54, 1.807) is 108 Å². The number of para-hydroxylation sites is 3. The maximum atomic E-state index is 13.7. The first-order valence-electron chi connectivity index (χ1n) is 50.8. The third-order valence-electron chi connectivity index (χ3n) is 26.9. The average Bonchev–Trinajstić information content (AvgIpc) is 0.706. The molecule has 0 aliphatic heterocycles. The summed E-state index contributed by atoms with van der Waals surface area (Å²) in [4.78, 5) is 107. The molecular formula is C123H138N4O13S4. The number of ketones is 4. The van der Waals surface area contributed by atoms with E-state index >= 15 is 0 Å². The Morgan fingerprint density at radius 2 is 0.625 bits per heavy atom. The van der Waals surface area contributed by atoms with Gasteiger partial charge in [0.2, 0.25) is 0 Å². The minimum atomic E-state index is -1.37. The highest BCUT2D eigenvalue weighted by Crippen LogP contribution is 2.45. The van der Waals surface area contributed by atoms with Gasteiger partial charge in [0, 0.05) is 101 Å². The highest BCUT2D eigenvalue weighted by molar-refractivity contribution is 7.99. The zero-order valence-corrected chi connectivity index (χ0v) is 88.7. The minimum Gasteiger partial charge on any atom is -0.512 e. The summed E-state index contributed by atoms with van der Waals surface area (Å²) in [5, 5.41) is 41.9. The van der Waals surface area contributed by atoms with Crippen LogP contribution in [0.1, 0.15) is 259 Å². The number of hydrogen-bond acceptors (Lipinski definition) is 17. The van der Waals surface area contributed by atoms with Crippen molar-refractivity contribution in [3.05, 3.63) is 365 Å². The Kier molecular flexibility index (Phi) is 41.1. The van der Waals surface area contributed by atoms with Gasteiger partial charge in [-0.15, -0.1) is 35.3 Å². The Hall–Kier alpha value is -12.7. The largest absolute Gasteiger partial charge is 0.512 e. The number of nitrogen functional groups attached to an aromatic ring is 1. The van der Waals surface area contributed by atoms with E-state index in [0.29, 0.717) is 119 Å². The highest BCUT2D eigenvalue weighted by Gasteiger charge is 2.37. The molecular weight excluding hydrogens is 1870 g/mol. The quantitative estimate of drug-likeness (QED) is 0.0110. The molecule has 0 heterocycles. The Morgan fingerprint density at radius 3 is 0.951 bits per heavy atom. The van der Waals surface area contributed by atoms with E-state index in [2.05, 4.69) is 148 Å². The van der Waals surface area contributed by atoms with Gasteiger partial charge in [-0.05, 0) is 309 Å². The summed E-state index contributed by atoms with van der Waals surface area (Å²) in [6.45, 7) is 26.4. The van der Waals surface area contributed by atoms with E-state index in [1.165, 1.54) is 28.5 Å². The van der Waals surface area contributed by atoms with Crippen molar-refractivity contribution in [2.24, 2.45) is 23.7 Å². The monoisotopic (exact) mass is 2010 g/mol. The summed E-state index contributed by atoms with van der Waals surface area (Å²) in [6.07, 6.45) is 13.3. The number of aliphatic hydroxyl groups excluding tert-OH is 3. The number of benzene rings is 11. The third kappa shape index (κ3) is 29.4. The Morgan fingerprint density at radius 1 is 0.347 bits per heavy atom. The summed E-state index contributed by atoms with van der Waals surface area (Å²) < 4.78 is 19.0. The van der Waals surface area contributed by atoms with E-state index < -0.39 is 16.8 Å². The fourth-order valence-corrected chi connectivity index (χ4v) is 24.5. The number of nitrogens with two attached hydrogens (primary N) is 1. The SMILES string of the molecule is CCc1cc(C)cc(CC)c1C1=C(O)CC(CCS(=O)c2ccccc2NC(=O)c2ccccc2)CC1=O.CCc1cc(C)cc(CC)c1C1=C(O)CC(CCSc2ccc(N)cc2)CC1=O.CCc1cc(C)cc(CC)c1C1=C(O)CC(CCSc2ccccc2NC(=O)c2ccccc2)CC1=O.CCc1cc(C)cc(CC)c1C1=C(OC(C)=O)CC(CCSc2ccccc2NC(=O)c2ccccc2)CC1=O. The van der Waals surface area contributed by atoms with Crippen LogP contribution in [0.2, 0.25) is 0 Å². The molecule has 0 radical (unpaired) electrons. The fraction of sp³-hybridized carbons (Fsp3) is 0.333. The summed E-state index contributed by atoms with van der Waals surface area (Å²) in [5.74, 6) is 3.46. The lowest BCUT2D eigenvalue weighted by Crippen LogP contribution is -2.23. The van der Waals surface area contributed by atoms with Crippen molar-refractivity contribution in [1.82, 2.24) is 0 Å². The number of carbonyl (C=O) groups is 8. The average molecular weight is 2010 g/mol. The molecule has 11 aromatic rings. The number of amides is 3. The molecule has 4 aliphatic carbocycles. The number of aryl methyl sites for hydroxylation is 12. The van der Waals surface area contributed by atoms with Gasteiger partial charge in [-0.1, -0.05) is 217 Å². The van der Waals surface area contributed by atoms with Gasteiger partial charge in [-0.2, -0.15) is 0 Å². The van der Waals surface area contributed by atoms with Gasteiger partial charge in [0.05, 0.1) is 55.0 Å². The Balaban J connectivity index is 0.000000172. The van der Waals surface area contributed by atoms with Crippen LogP contribution in [-0.2, 0) is 90.9 Å². The van der Waals surface area contributed by atoms with Gasteiger partial charge >= 0.3 is 5.97 Å². The number of anilines is 4. The Labute approximate surface area is 866 Å². The van der Waals surface area contributed by atoms with Crippen LogP contribution < -0.4 is 21.7 Å². The van der Waals surface area contributed by atoms with Gasteiger partial charge in [0.25, 0.3) is 17.7 Å². The molecule has 0 bridgehead atoms. The van der Waals surface area contributed by atoms with Crippen molar-refractivity contribution >= 4 is 138 Å². The molecule has 0 spiro atoms. The molecule has 21 heteroatoms. The van der Waals surface area contributed by atoms with Crippen molar-refractivity contribution in [1.29, 1.82) is 0 Å². The third-order valence-corrected chi connectivity index (χ3v) is 31.6. The number of rotatable bonds is 35. The molecule has 8 N–H and O–H groups in total. The van der Waals surface area contributed by atoms with Crippen molar-refractivity contribution in [3.63, 3.8) is 0 Å². The number of thioether (sulfide) groups is 3. The number of hydrogen-bond donors (Lipinski definition) is 7. The van der Waals surface area contributed by atoms with Crippen molar-refractivity contribution in [3.8, 4) is 0 Å².